The van der Waals surface area contributed by atoms with Gasteiger partial charge in [-0.15, -0.1) is 0 Å². The van der Waals surface area contributed by atoms with Crippen molar-refractivity contribution < 1.29 is 37.0 Å². The molecule has 0 aliphatic carbocycles. The van der Waals surface area contributed by atoms with Gasteiger partial charge in [-0.25, -0.2) is 0 Å². The molecule has 0 bridgehead atoms. The fraction of sp³-hybridized carbons (Fsp3) is 0.688. The summed E-state index contributed by atoms with van der Waals surface area (Å²) in [6, 6.07) is 24.5. The highest BCUT2D eigenvalue weighted by Gasteiger charge is 2.51. The molecule has 0 fully saturated rings. The Bertz CT molecular complexity index is 1490. The number of ether oxygens (including phenoxy) is 4. The van der Waals surface area contributed by atoms with E-state index in [4.69, 9.17) is 32.2 Å². The number of hydrogen-bond acceptors (Lipinski definition) is 8. The van der Waals surface area contributed by atoms with Crippen molar-refractivity contribution in [3.8, 4) is 0 Å². The molecule has 0 spiro atoms. The lowest BCUT2D eigenvalue weighted by molar-refractivity contribution is -0.182. The van der Waals surface area contributed by atoms with E-state index < -0.39 is 37.2 Å². The summed E-state index contributed by atoms with van der Waals surface area (Å²) in [5.74, 6) is 0.00200. The van der Waals surface area contributed by atoms with Crippen molar-refractivity contribution in [2.45, 2.75) is 168 Å². The molecule has 0 heterocycles. The number of ketones is 1. The average molecular weight is 999 g/mol. The predicted octanol–water partition coefficient (Wildman–Crippen LogP) is 11.7. The maximum atomic E-state index is 14.8. The summed E-state index contributed by atoms with van der Waals surface area (Å²) in [6.45, 7) is 31.8. The monoisotopic (exact) mass is 998 g/mol. The Morgan fingerprint density at radius 3 is 1.67 bits per heavy atom. The number of halogens is 1. The molecule has 0 saturated heterocycles. The van der Waals surface area contributed by atoms with Gasteiger partial charge in [0, 0.05) is 20.6 Å². The first kappa shape index (κ1) is 55.1. The molecule has 8 nitrogen and oxygen atoms in total. The van der Waals surface area contributed by atoms with Gasteiger partial charge < -0.3 is 32.2 Å². The van der Waals surface area contributed by atoms with Crippen LogP contribution in [0.1, 0.15) is 102 Å². The molecule has 6 atom stereocenters. The molecule has 0 unspecified atom stereocenters. The van der Waals surface area contributed by atoms with Crippen molar-refractivity contribution in [2.75, 3.05) is 34.4 Å². The van der Waals surface area contributed by atoms with Crippen molar-refractivity contribution in [3.05, 3.63) is 70.3 Å². The van der Waals surface area contributed by atoms with E-state index in [9.17, 15) is 4.79 Å². The summed E-state index contributed by atoms with van der Waals surface area (Å²) in [5, 5.41) is 2.25. The molecule has 0 saturated carbocycles. The smallest absolute Gasteiger partial charge is 0.261 e. The average Bonchev–Trinajstić information content (AvgIpc) is 3.20. The number of rotatable bonds is 28. The van der Waals surface area contributed by atoms with Gasteiger partial charge in [0.25, 0.3) is 8.32 Å². The van der Waals surface area contributed by atoms with E-state index in [1.165, 1.54) is 15.9 Å². The first-order chi connectivity index (χ1) is 28.1. The largest absolute Gasteiger partial charge is 0.413 e. The van der Waals surface area contributed by atoms with Gasteiger partial charge in [-0.1, -0.05) is 165 Å². The minimum Gasteiger partial charge on any atom is -0.413 e. The summed E-state index contributed by atoms with van der Waals surface area (Å²) >= 11 is 2.30. The summed E-state index contributed by atoms with van der Waals surface area (Å²) in [4.78, 5) is 14.8. The number of allylic oxidation sites excluding steroid dienone is 1. The minimum absolute atomic E-state index is 0.0113. The van der Waals surface area contributed by atoms with E-state index in [2.05, 4.69) is 184 Å². The zero-order valence-corrected chi connectivity index (χ0v) is 45.5. The van der Waals surface area contributed by atoms with Gasteiger partial charge in [-0.2, -0.15) is 0 Å². The van der Waals surface area contributed by atoms with Crippen LogP contribution in [0.2, 0.25) is 41.3 Å². The minimum atomic E-state index is -2.88. The third kappa shape index (κ3) is 15.3. The molecule has 0 aromatic heterocycles. The van der Waals surface area contributed by atoms with Crippen LogP contribution in [0.15, 0.2) is 70.3 Å². The van der Waals surface area contributed by atoms with Crippen molar-refractivity contribution in [1.82, 2.24) is 0 Å². The van der Waals surface area contributed by atoms with Gasteiger partial charge >= 0.3 is 0 Å². The number of carbonyl (C=O) groups is 1. The predicted molar refractivity (Wildman–Crippen MR) is 266 cm³/mol. The van der Waals surface area contributed by atoms with Crippen LogP contribution in [-0.4, -0.2) is 89.6 Å². The van der Waals surface area contributed by atoms with E-state index in [-0.39, 0.29) is 59.9 Å². The van der Waals surface area contributed by atoms with Crippen LogP contribution in [0.25, 0.3) is 0 Å². The van der Waals surface area contributed by atoms with Gasteiger partial charge in [0.2, 0.25) is 0 Å². The highest BCUT2D eigenvalue weighted by atomic mass is 127. The number of carbonyl (C=O) groups excluding carboxylic acids is 1. The van der Waals surface area contributed by atoms with Gasteiger partial charge in [-0.3, -0.25) is 4.79 Å². The Morgan fingerprint density at radius 1 is 0.733 bits per heavy atom. The Kier molecular flexibility index (Phi) is 23.4. The lowest BCUT2D eigenvalue weighted by Crippen LogP contribution is -2.67. The van der Waals surface area contributed by atoms with E-state index in [0.717, 1.165) is 24.6 Å². The Morgan fingerprint density at radius 2 is 1.23 bits per heavy atom. The Balaban J connectivity index is 2.69. The number of benzene rings is 2. The van der Waals surface area contributed by atoms with Crippen molar-refractivity contribution in [3.63, 3.8) is 0 Å². The molecule has 2 aromatic carbocycles. The van der Waals surface area contributed by atoms with Crippen LogP contribution < -0.4 is 10.4 Å². The second-order valence-corrected chi connectivity index (χ2v) is 33.8. The van der Waals surface area contributed by atoms with Gasteiger partial charge in [0.15, 0.2) is 22.4 Å². The fourth-order valence-electron chi connectivity index (χ4n) is 8.04. The SMILES string of the molecule is CC[Si](CC)(CC)O[C@@H](CO[Si](c1ccccc1)(c1ccccc1)C(C)(C)C)C[C@@H](C)[C@H](OCOC)[C@@H](OCOC)C(=O)C[C@H](C[C@H](C)/C(C)=C/I)O[Si](C)(C)C(C)(C)C. The van der Waals surface area contributed by atoms with E-state index in [0.29, 0.717) is 13.0 Å². The molecule has 60 heavy (non-hydrogen) atoms. The molecule has 2 aromatic rings. The summed E-state index contributed by atoms with van der Waals surface area (Å²) in [6.07, 6.45) is -0.565. The van der Waals surface area contributed by atoms with Crippen LogP contribution in [0.3, 0.4) is 0 Å². The van der Waals surface area contributed by atoms with Gasteiger partial charge in [0.05, 0.1) is 24.9 Å². The molecule has 0 aliphatic heterocycles. The van der Waals surface area contributed by atoms with Crippen LogP contribution in [0.4, 0.5) is 0 Å². The Hall–Kier alpha value is -1.05. The molecule has 0 aliphatic rings. The maximum Gasteiger partial charge on any atom is 0.261 e. The van der Waals surface area contributed by atoms with E-state index in [1.54, 1.807) is 14.2 Å². The summed E-state index contributed by atoms with van der Waals surface area (Å²) in [5.41, 5.74) is 1.27. The maximum absolute atomic E-state index is 14.8. The third-order valence-electron chi connectivity index (χ3n) is 13.1. The molecule has 2 rings (SSSR count). The van der Waals surface area contributed by atoms with Crippen molar-refractivity contribution in [2.24, 2.45) is 11.8 Å². The van der Waals surface area contributed by atoms with Crippen molar-refractivity contribution >= 4 is 63.7 Å². The van der Waals surface area contributed by atoms with Crippen LogP contribution in [-0.2, 0) is 37.0 Å². The zero-order valence-electron chi connectivity index (χ0n) is 40.3. The molecule has 342 valence electrons. The molecule has 0 amide bonds. The number of hydrogen-bond donors (Lipinski definition) is 0. The zero-order chi connectivity index (χ0) is 45.4. The first-order valence-electron chi connectivity index (χ1n) is 22.2. The molecule has 0 N–H and O–H groups in total. The standard InChI is InChI=1S/C48H83IO8Si3/c1-17-59(18-2,19-3)57-41(34-55-60(48(10,11)12,42-26-22-20-23-27-42)43-28-24-21-25-29-43)31-38(5)45(53-35-51-13)46(54-36-52-14)44(50)32-40(30-37(4)39(6)33-49)56-58(15,16)47(7,8)9/h20-29,33,37-38,40-41,45-46H,17-19,30-32,34-36H2,1-16H3/b39-33+/t37-,38+,40-,41+,45-,46-/m0/s1. The molecule has 0 radical (unpaired) electrons. The topological polar surface area (TPSA) is 81.7 Å². The second-order valence-electron chi connectivity index (χ2n) is 19.4. The molecular weight excluding hydrogens is 916 g/mol. The van der Waals surface area contributed by atoms with E-state index >= 15 is 0 Å². The summed E-state index contributed by atoms with van der Waals surface area (Å²) < 4.78 is 48.0. The lowest BCUT2D eigenvalue weighted by Gasteiger charge is -2.45. The first-order valence-corrected chi connectivity index (χ1v) is 30.8. The highest BCUT2D eigenvalue weighted by molar-refractivity contribution is 14.1. The quantitative estimate of drug-likeness (QED) is 0.0474. The van der Waals surface area contributed by atoms with Crippen LogP contribution in [0.5, 0.6) is 0 Å². The third-order valence-corrected chi connectivity index (χ3v) is 28.3. The number of Topliss-reactive ketones (excluding diaryl/α,β-unsaturated/α-hetero) is 1. The number of methoxy groups -OCH3 is 2. The second kappa shape index (κ2) is 25.4. The lowest BCUT2D eigenvalue weighted by atomic mass is 9.89. The summed E-state index contributed by atoms with van der Waals surface area (Å²) in [7, 11) is -4.06. The Labute approximate surface area is 383 Å². The van der Waals surface area contributed by atoms with Crippen molar-refractivity contribution in [1.29, 1.82) is 0 Å². The van der Waals surface area contributed by atoms with Crippen LogP contribution in [0, 0.1) is 11.8 Å². The molecule has 12 heteroatoms. The van der Waals surface area contributed by atoms with Gasteiger partial charge in [0.1, 0.15) is 19.7 Å². The normalized spacial score (nSPS) is 16.6. The highest BCUT2D eigenvalue weighted by Crippen LogP contribution is 2.40. The fourth-order valence-corrected chi connectivity index (χ4v) is 17.5. The van der Waals surface area contributed by atoms with Gasteiger partial charge in [-0.05, 0) is 87.4 Å². The molecular formula is C48H83IO8Si3. The van der Waals surface area contributed by atoms with Crippen LogP contribution >= 0.6 is 22.6 Å². The van der Waals surface area contributed by atoms with E-state index in [1.807, 2.05) is 0 Å².